The van der Waals surface area contributed by atoms with Crippen LogP contribution in [-0.4, -0.2) is 18.9 Å². The molecule has 0 aliphatic rings. The van der Waals surface area contributed by atoms with E-state index in [-0.39, 0.29) is 0 Å². The van der Waals surface area contributed by atoms with Crippen LogP contribution in [0.2, 0.25) is 0 Å². The molecule has 0 aromatic rings. The van der Waals surface area contributed by atoms with Crippen molar-refractivity contribution in [3.05, 3.63) is 0 Å². The molecular weight excluding hydrogens is 105 g/mol. The predicted molar refractivity (Wildman–Crippen MR) is 37.4 cm³/mol. The molecule has 7 heavy (non-hydrogen) atoms. The van der Waals surface area contributed by atoms with E-state index in [2.05, 4.69) is 6.92 Å². The molecule has 2 heteroatoms. The molecule has 0 saturated heterocycles. The second-order valence-corrected chi connectivity index (χ2v) is 3.04. The summed E-state index contributed by atoms with van der Waals surface area (Å²) in [5.74, 6) is 0. The SMILES string of the molecule is CCCPCCN. The van der Waals surface area contributed by atoms with E-state index >= 15 is 0 Å². The topological polar surface area (TPSA) is 26.0 Å². The summed E-state index contributed by atoms with van der Waals surface area (Å²) in [7, 11) is 1.11. The van der Waals surface area contributed by atoms with E-state index in [9.17, 15) is 0 Å². The fourth-order valence-corrected chi connectivity index (χ4v) is 1.21. The summed E-state index contributed by atoms with van der Waals surface area (Å²) in [6, 6.07) is 0. The zero-order valence-electron chi connectivity index (χ0n) is 4.91. The Morgan fingerprint density at radius 1 is 1.43 bits per heavy atom. The Hall–Kier alpha value is 0.390. The summed E-state index contributed by atoms with van der Waals surface area (Å²) in [5.41, 5.74) is 5.28. The lowest BCUT2D eigenvalue weighted by Gasteiger charge is -1.91. The highest BCUT2D eigenvalue weighted by molar-refractivity contribution is 7.37. The largest absolute Gasteiger partial charge is 0.330 e. The maximum Gasteiger partial charge on any atom is -0.00402 e. The van der Waals surface area contributed by atoms with Crippen LogP contribution < -0.4 is 5.73 Å². The third-order valence-corrected chi connectivity index (χ3v) is 2.24. The summed E-state index contributed by atoms with van der Waals surface area (Å²) in [6.07, 6.45) is 3.92. The minimum absolute atomic E-state index is 0.873. The second kappa shape index (κ2) is 6.39. The molecule has 0 rings (SSSR count). The van der Waals surface area contributed by atoms with E-state index in [0.717, 1.165) is 15.1 Å². The van der Waals surface area contributed by atoms with Crippen molar-refractivity contribution in [2.24, 2.45) is 5.73 Å². The molecule has 0 aromatic carbocycles. The quantitative estimate of drug-likeness (QED) is 0.434. The van der Waals surface area contributed by atoms with Crippen molar-refractivity contribution < 1.29 is 0 Å². The summed E-state index contributed by atoms with van der Waals surface area (Å²) >= 11 is 0. The molecule has 0 bridgehead atoms. The summed E-state index contributed by atoms with van der Waals surface area (Å²) in [5, 5.41) is 0. The van der Waals surface area contributed by atoms with Crippen molar-refractivity contribution in [1.82, 2.24) is 0 Å². The maximum absolute atomic E-state index is 5.28. The Labute approximate surface area is 47.5 Å². The highest BCUT2D eigenvalue weighted by atomic mass is 31.1. The first kappa shape index (κ1) is 7.39. The van der Waals surface area contributed by atoms with Crippen LogP contribution in [0.3, 0.4) is 0 Å². The fraction of sp³-hybridized carbons (Fsp3) is 1.00. The van der Waals surface area contributed by atoms with Crippen LogP contribution in [0.4, 0.5) is 0 Å². The van der Waals surface area contributed by atoms with Crippen molar-refractivity contribution in [2.45, 2.75) is 13.3 Å². The smallest absolute Gasteiger partial charge is 0.00402 e. The molecule has 0 radical (unpaired) electrons. The minimum Gasteiger partial charge on any atom is -0.330 e. The molecule has 1 unspecified atom stereocenters. The molecule has 0 spiro atoms. The molecule has 0 aliphatic heterocycles. The lowest BCUT2D eigenvalue weighted by atomic mass is 10.6. The van der Waals surface area contributed by atoms with Gasteiger partial charge in [-0.2, -0.15) is 0 Å². The van der Waals surface area contributed by atoms with Crippen molar-refractivity contribution in [2.75, 3.05) is 18.9 Å². The Balaban J connectivity index is 2.45. The van der Waals surface area contributed by atoms with Gasteiger partial charge in [0.1, 0.15) is 0 Å². The molecule has 0 aliphatic carbocycles. The van der Waals surface area contributed by atoms with Crippen LogP contribution in [0.25, 0.3) is 0 Å². The Morgan fingerprint density at radius 2 is 2.14 bits per heavy atom. The molecule has 0 saturated carbocycles. The van der Waals surface area contributed by atoms with Gasteiger partial charge in [0.25, 0.3) is 0 Å². The molecule has 0 fully saturated rings. The van der Waals surface area contributed by atoms with Gasteiger partial charge in [-0.25, -0.2) is 0 Å². The monoisotopic (exact) mass is 119 g/mol. The van der Waals surface area contributed by atoms with E-state index in [1.807, 2.05) is 0 Å². The van der Waals surface area contributed by atoms with Crippen LogP contribution in [0.1, 0.15) is 13.3 Å². The zero-order chi connectivity index (χ0) is 5.54. The van der Waals surface area contributed by atoms with Crippen LogP contribution in [0.15, 0.2) is 0 Å². The zero-order valence-corrected chi connectivity index (χ0v) is 5.91. The lowest BCUT2D eigenvalue weighted by molar-refractivity contribution is 1.08. The summed E-state index contributed by atoms with van der Waals surface area (Å²) in [4.78, 5) is 0. The third-order valence-electron chi connectivity index (χ3n) is 0.748. The van der Waals surface area contributed by atoms with Crippen LogP contribution in [-0.2, 0) is 0 Å². The molecule has 0 amide bonds. The van der Waals surface area contributed by atoms with E-state index in [1.165, 1.54) is 18.7 Å². The van der Waals surface area contributed by atoms with Gasteiger partial charge in [-0.1, -0.05) is 13.3 Å². The fourth-order valence-electron chi connectivity index (χ4n) is 0.404. The van der Waals surface area contributed by atoms with Crippen LogP contribution >= 0.6 is 8.58 Å². The number of rotatable bonds is 4. The lowest BCUT2D eigenvalue weighted by Crippen LogP contribution is -2.00. The van der Waals surface area contributed by atoms with Crippen molar-refractivity contribution in [1.29, 1.82) is 0 Å². The van der Waals surface area contributed by atoms with Gasteiger partial charge in [0.2, 0.25) is 0 Å². The van der Waals surface area contributed by atoms with Gasteiger partial charge in [0, 0.05) is 0 Å². The average molecular weight is 119 g/mol. The van der Waals surface area contributed by atoms with Gasteiger partial charge < -0.3 is 5.73 Å². The normalized spacial score (nSPS) is 11.1. The number of hydrogen-bond donors (Lipinski definition) is 1. The van der Waals surface area contributed by atoms with Gasteiger partial charge in [0.15, 0.2) is 0 Å². The first-order valence-electron chi connectivity index (χ1n) is 2.82. The van der Waals surface area contributed by atoms with Gasteiger partial charge in [-0.15, -0.1) is 8.58 Å². The van der Waals surface area contributed by atoms with E-state index < -0.39 is 0 Å². The highest BCUT2D eigenvalue weighted by Crippen LogP contribution is 2.07. The average Bonchev–Trinajstić information content (AvgIpc) is 1.69. The third kappa shape index (κ3) is 6.39. The summed E-state index contributed by atoms with van der Waals surface area (Å²) in [6.45, 7) is 3.09. The van der Waals surface area contributed by atoms with Crippen molar-refractivity contribution >= 4 is 8.58 Å². The number of hydrogen-bond acceptors (Lipinski definition) is 1. The number of nitrogens with two attached hydrogens (primary N) is 1. The van der Waals surface area contributed by atoms with Crippen molar-refractivity contribution in [3.63, 3.8) is 0 Å². The van der Waals surface area contributed by atoms with Gasteiger partial charge in [-0.05, 0) is 18.9 Å². The standard InChI is InChI=1S/C5H14NP/c1-2-4-7-5-3-6/h7H,2-6H2,1H3. The molecule has 1 atom stereocenters. The molecular formula is C5H14NP. The van der Waals surface area contributed by atoms with Gasteiger partial charge in [0.05, 0.1) is 0 Å². The summed E-state index contributed by atoms with van der Waals surface area (Å²) < 4.78 is 0. The van der Waals surface area contributed by atoms with Crippen LogP contribution in [0.5, 0.6) is 0 Å². The molecule has 2 N–H and O–H groups in total. The minimum atomic E-state index is 0.873. The van der Waals surface area contributed by atoms with E-state index in [4.69, 9.17) is 5.73 Å². The molecule has 0 aromatic heterocycles. The van der Waals surface area contributed by atoms with Gasteiger partial charge in [-0.3, -0.25) is 0 Å². The Bertz CT molecular complexity index is 27.3. The Kier molecular flexibility index (Phi) is 6.75. The molecule has 1 nitrogen and oxygen atoms in total. The van der Waals surface area contributed by atoms with Gasteiger partial charge >= 0.3 is 0 Å². The van der Waals surface area contributed by atoms with E-state index in [0.29, 0.717) is 0 Å². The molecule has 44 valence electrons. The predicted octanol–water partition coefficient (Wildman–Crippen LogP) is 1.03. The first-order valence-corrected chi connectivity index (χ1v) is 4.24. The highest BCUT2D eigenvalue weighted by Gasteiger charge is 1.79. The van der Waals surface area contributed by atoms with Crippen molar-refractivity contribution in [3.8, 4) is 0 Å². The maximum atomic E-state index is 5.28. The van der Waals surface area contributed by atoms with E-state index in [1.54, 1.807) is 0 Å². The first-order chi connectivity index (χ1) is 3.41. The molecule has 0 heterocycles. The van der Waals surface area contributed by atoms with Crippen LogP contribution in [0, 0.1) is 0 Å². The second-order valence-electron chi connectivity index (χ2n) is 1.54. The Morgan fingerprint density at radius 3 is 2.57 bits per heavy atom.